The van der Waals surface area contributed by atoms with E-state index in [1.54, 1.807) is 12.3 Å². The molecule has 0 saturated carbocycles. The quantitative estimate of drug-likeness (QED) is 0.600. The van der Waals surface area contributed by atoms with E-state index >= 15 is 0 Å². The Labute approximate surface area is 98.9 Å². The van der Waals surface area contributed by atoms with E-state index in [0.29, 0.717) is 11.0 Å². The van der Waals surface area contributed by atoms with E-state index in [9.17, 15) is 0 Å². The van der Waals surface area contributed by atoms with Crippen LogP contribution < -0.4 is 4.74 Å². The van der Waals surface area contributed by atoms with Crippen molar-refractivity contribution in [2.24, 2.45) is 0 Å². The van der Waals surface area contributed by atoms with Crippen LogP contribution in [0.15, 0.2) is 41.7 Å². The molecule has 0 fully saturated rings. The number of benzene rings is 1. The molecule has 0 N–H and O–H groups in total. The van der Waals surface area contributed by atoms with Gasteiger partial charge in [0.05, 0.1) is 0 Å². The van der Waals surface area contributed by atoms with Gasteiger partial charge in [-0.15, -0.1) is 0 Å². The number of hydrogen-bond donors (Lipinski definition) is 0. The Hall–Kier alpha value is -1.55. The van der Waals surface area contributed by atoms with Gasteiger partial charge in [0.2, 0.25) is 5.88 Å². The van der Waals surface area contributed by atoms with Gasteiger partial charge in [0, 0.05) is 12.3 Å². The monoisotopic (exact) mass is 232 g/mol. The Kier molecular flexibility index (Phi) is 3.41. The Morgan fingerprint density at radius 2 is 2.00 bits per heavy atom. The number of aromatic nitrogens is 2. The van der Waals surface area contributed by atoms with E-state index < -0.39 is 0 Å². The van der Waals surface area contributed by atoms with Gasteiger partial charge in [-0.25, -0.2) is 4.98 Å². The van der Waals surface area contributed by atoms with Crippen molar-refractivity contribution in [1.29, 1.82) is 0 Å². The fourth-order valence-electron chi connectivity index (χ4n) is 1.26. The minimum absolute atomic E-state index is 0.577. The van der Waals surface area contributed by atoms with Crippen molar-refractivity contribution in [3.05, 3.63) is 42.1 Å². The topological polar surface area (TPSA) is 35.0 Å². The van der Waals surface area contributed by atoms with E-state index in [1.165, 1.54) is 11.8 Å². The highest BCUT2D eigenvalue weighted by atomic mass is 32.2. The highest BCUT2D eigenvalue weighted by Gasteiger charge is 2.02. The minimum Gasteiger partial charge on any atom is -0.439 e. The summed E-state index contributed by atoms with van der Waals surface area (Å²) in [4.78, 5) is 8.35. The van der Waals surface area contributed by atoms with Crippen LogP contribution >= 0.6 is 11.8 Å². The van der Waals surface area contributed by atoms with Crippen LogP contribution in [-0.4, -0.2) is 16.2 Å². The first kappa shape index (κ1) is 11.0. The summed E-state index contributed by atoms with van der Waals surface area (Å²) in [5.41, 5.74) is 1.09. The number of ether oxygens (including phenoxy) is 1. The third kappa shape index (κ3) is 2.52. The Bertz CT molecular complexity index is 488. The van der Waals surface area contributed by atoms with Crippen LogP contribution in [0.1, 0.15) is 5.56 Å². The summed E-state index contributed by atoms with van der Waals surface area (Å²) in [7, 11) is 0. The molecule has 16 heavy (non-hydrogen) atoms. The molecule has 0 amide bonds. The molecule has 0 spiro atoms. The van der Waals surface area contributed by atoms with E-state index in [-0.39, 0.29) is 0 Å². The summed E-state index contributed by atoms with van der Waals surface area (Å²) < 4.78 is 5.69. The molecule has 82 valence electrons. The van der Waals surface area contributed by atoms with Gasteiger partial charge in [0.15, 0.2) is 5.16 Å². The Morgan fingerprint density at radius 1 is 1.19 bits per heavy atom. The molecule has 1 aromatic carbocycles. The van der Waals surface area contributed by atoms with Crippen molar-refractivity contribution in [2.45, 2.75) is 12.1 Å². The summed E-state index contributed by atoms with van der Waals surface area (Å²) in [6.45, 7) is 2.01. The van der Waals surface area contributed by atoms with Gasteiger partial charge in [-0.1, -0.05) is 30.0 Å². The van der Waals surface area contributed by atoms with Crippen molar-refractivity contribution in [1.82, 2.24) is 9.97 Å². The van der Waals surface area contributed by atoms with Crippen LogP contribution in [0.2, 0.25) is 0 Å². The number of aryl methyl sites for hydroxylation is 1. The zero-order chi connectivity index (χ0) is 11.4. The van der Waals surface area contributed by atoms with Gasteiger partial charge in [0.25, 0.3) is 0 Å². The predicted octanol–water partition coefficient (Wildman–Crippen LogP) is 3.30. The minimum atomic E-state index is 0.577. The van der Waals surface area contributed by atoms with E-state index in [2.05, 4.69) is 9.97 Å². The molecule has 0 aliphatic heterocycles. The maximum Gasteiger partial charge on any atom is 0.223 e. The fraction of sp³-hybridized carbons (Fsp3) is 0.167. The van der Waals surface area contributed by atoms with Crippen molar-refractivity contribution in [2.75, 3.05) is 6.26 Å². The summed E-state index contributed by atoms with van der Waals surface area (Å²) in [5, 5.41) is 0.714. The number of rotatable bonds is 3. The van der Waals surface area contributed by atoms with Gasteiger partial charge in [0.1, 0.15) is 5.75 Å². The van der Waals surface area contributed by atoms with Crippen LogP contribution in [-0.2, 0) is 0 Å². The molecule has 3 nitrogen and oxygen atoms in total. The number of para-hydroxylation sites is 1. The van der Waals surface area contributed by atoms with Gasteiger partial charge >= 0.3 is 0 Å². The average molecular weight is 232 g/mol. The standard InChI is InChI=1S/C12H12N2OS/c1-9-5-3-4-6-10(9)15-11-7-8-13-12(14-11)16-2/h3-8H,1-2H3. The molecule has 1 heterocycles. The molecule has 1 aromatic heterocycles. The van der Waals surface area contributed by atoms with Crippen molar-refractivity contribution in [3.63, 3.8) is 0 Å². The lowest BCUT2D eigenvalue weighted by Gasteiger charge is -2.07. The Balaban J connectivity index is 2.24. The lowest BCUT2D eigenvalue weighted by molar-refractivity contribution is 0.452. The van der Waals surface area contributed by atoms with E-state index in [1.807, 2.05) is 37.4 Å². The molecule has 0 atom stereocenters. The summed E-state index contributed by atoms with van der Waals surface area (Å²) >= 11 is 1.50. The fourth-order valence-corrected chi connectivity index (χ4v) is 1.61. The zero-order valence-electron chi connectivity index (χ0n) is 9.18. The molecule has 0 aliphatic carbocycles. The van der Waals surface area contributed by atoms with Crippen molar-refractivity contribution in [3.8, 4) is 11.6 Å². The first-order chi connectivity index (χ1) is 7.79. The second kappa shape index (κ2) is 4.99. The molecule has 0 unspecified atom stereocenters. The molecular formula is C12H12N2OS. The van der Waals surface area contributed by atoms with E-state index in [0.717, 1.165) is 11.3 Å². The predicted molar refractivity (Wildman–Crippen MR) is 65.1 cm³/mol. The van der Waals surface area contributed by atoms with E-state index in [4.69, 9.17) is 4.74 Å². The molecule has 0 radical (unpaired) electrons. The summed E-state index contributed by atoms with van der Waals surface area (Å²) in [5.74, 6) is 1.40. The normalized spacial score (nSPS) is 10.1. The summed E-state index contributed by atoms with van der Waals surface area (Å²) in [6.07, 6.45) is 3.64. The highest BCUT2D eigenvalue weighted by Crippen LogP contribution is 2.23. The van der Waals surface area contributed by atoms with Crippen molar-refractivity contribution < 1.29 is 4.74 Å². The lowest BCUT2D eigenvalue weighted by atomic mass is 10.2. The number of nitrogens with zero attached hydrogens (tertiary/aromatic N) is 2. The van der Waals surface area contributed by atoms with Gasteiger partial charge in [-0.2, -0.15) is 4.98 Å². The largest absolute Gasteiger partial charge is 0.439 e. The molecule has 0 aliphatic rings. The van der Waals surface area contributed by atoms with Crippen LogP contribution in [0.3, 0.4) is 0 Å². The van der Waals surface area contributed by atoms with Crippen LogP contribution in [0.4, 0.5) is 0 Å². The smallest absolute Gasteiger partial charge is 0.223 e. The second-order valence-electron chi connectivity index (χ2n) is 3.25. The van der Waals surface area contributed by atoms with Gasteiger partial charge < -0.3 is 4.74 Å². The molecular weight excluding hydrogens is 220 g/mol. The number of thioether (sulfide) groups is 1. The Morgan fingerprint density at radius 3 is 2.75 bits per heavy atom. The SMILES string of the molecule is CSc1nccc(Oc2ccccc2C)n1. The van der Waals surface area contributed by atoms with Crippen molar-refractivity contribution >= 4 is 11.8 Å². The summed E-state index contributed by atoms with van der Waals surface area (Å²) in [6, 6.07) is 9.61. The first-order valence-electron chi connectivity index (χ1n) is 4.90. The highest BCUT2D eigenvalue weighted by molar-refractivity contribution is 7.98. The van der Waals surface area contributed by atoms with Crippen LogP contribution in [0, 0.1) is 6.92 Å². The molecule has 4 heteroatoms. The lowest BCUT2D eigenvalue weighted by Crippen LogP contribution is -1.92. The number of hydrogen-bond acceptors (Lipinski definition) is 4. The van der Waals surface area contributed by atoms with Gasteiger partial charge in [-0.05, 0) is 24.8 Å². The zero-order valence-corrected chi connectivity index (χ0v) is 9.99. The third-order valence-electron chi connectivity index (χ3n) is 2.10. The molecule has 2 rings (SSSR count). The first-order valence-corrected chi connectivity index (χ1v) is 6.12. The third-order valence-corrected chi connectivity index (χ3v) is 2.66. The van der Waals surface area contributed by atoms with Crippen LogP contribution in [0.25, 0.3) is 0 Å². The maximum atomic E-state index is 5.69. The maximum absolute atomic E-state index is 5.69. The van der Waals surface area contributed by atoms with Gasteiger partial charge in [-0.3, -0.25) is 0 Å². The average Bonchev–Trinajstić information content (AvgIpc) is 2.32. The molecule has 2 aromatic rings. The molecule has 0 saturated heterocycles. The second-order valence-corrected chi connectivity index (χ2v) is 4.02. The molecule has 0 bridgehead atoms. The van der Waals surface area contributed by atoms with Crippen LogP contribution in [0.5, 0.6) is 11.6 Å².